The Morgan fingerprint density at radius 2 is 1.70 bits per heavy atom. The van der Waals surface area contributed by atoms with Crippen LogP contribution in [0.2, 0.25) is 5.02 Å². The van der Waals surface area contributed by atoms with E-state index in [1.165, 1.54) is 10.0 Å². The zero-order valence-corrected chi connectivity index (χ0v) is 17.2. The van der Waals surface area contributed by atoms with Crippen LogP contribution < -0.4 is 4.46 Å². The van der Waals surface area contributed by atoms with Gasteiger partial charge < -0.3 is 0 Å². The molecule has 2 aromatic rings. The molecule has 2 rings (SSSR count). The Morgan fingerprint density at radius 3 is 2.26 bits per heavy atom. The number of rotatable bonds is 6. The maximum atomic E-state index is 13.0. The van der Waals surface area contributed by atoms with Crippen LogP contribution in [0.1, 0.15) is 15.9 Å². The van der Waals surface area contributed by atoms with Gasteiger partial charge in [0.2, 0.25) is 0 Å². The van der Waals surface area contributed by atoms with Gasteiger partial charge in [0.1, 0.15) is 0 Å². The first-order chi connectivity index (χ1) is 11.0. The third kappa shape index (κ3) is 5.17. The van der Waals surface area contributed by atoms with E-state index in [1.54, 1.807) is 47.8 Å². The number of Topliss-reactive ketones (excluding diaryl/α,β-unsaturated/α-hetero) is 1. The summed E-state index contributed by atoms with van der Waals surface area (Å²) in [4.78, 5) is 13.0. The van der Waals surface area contributed by atoms with Crippen molar-refractivity contribution in [1.82, 2.24) is 0 Å². The Morgan fingerprint density at radius 1 is 1.04 bits per heavy atom. The summed E-state index contributed by atoms with van der Waals surface area (Å²) < 4.78 is 3.22. The SMILES string of the molecule is CSC(SC)=C([Se]c1cccc(C)c1)C(=O)c1ccc(Cl)cc1. The maximum absolute atomic E-state index is 13.0. The molecule has 0 atom stereocenters. The van der Waals surface area contributed by atoms with Gasteiger partial charge in [-0.3, -0.25) is 0 Å². The van der Waals surface area contributed by atoms with Crippen molar-refractivity contribution in [3.05, 3.63) is 73.4 Å². The molecule has 0 aliphatic carbocycles. The van der Waals surface area contributed by atoms with Crippen LogP contribution >= 0.6 is 35.1 Å². The van der Waals surface area contributed by atoms with Crippen molar-refractivity contribution in [2.75, 3.05) is 12.5 Å². The van der Waals surface area contributed by atoms with Crippen molar-refractivity contribution in [1.29, 1.82) is 0 Å². The summed E-state index contributed by atoms with van der Waals surface area (Å²) in [6.45, 7) is 2.08. The second-order valence-electron chi connectivity index (χ2n) is 4.78. The van der Waals surface area contributed by atoms with E-state index < -0.39 is 0 Å². The van der Waals surface area contributed by atoms with Crippen LogP contribution in [0.25, 0.3) is 0 Å². The third-order valence-electron chi connectivity index (χ3n) is 3.08. The zero-order chi connectivity index (χ0) is 16.8. The molecule has 0 aromatic heterocycles. The van der Waals surface area contributed by atoms with Crippen LogP contribution in [0.15, 0.2) is 57.2 Å². The molecule has 5 heteroatoms. The van der Waals surface area contributed by atoms with Crippen molar-refractivity contribution < 1.29 is 4.79 Å². The van der Waals surface area contributed by atoms with Gasteiger partial charge in [0, 0.05) is 0 Å². The average Bonchev–Trinajstić information content (AvgIpc) is 2.55. The molecule has 1 nitrogen and oxygen atoms in total. The third-order valence-corrected chi connectivity index (χ3v) is 8.34. The average molecular weight is 428 g/mol. The summed E-state index contributed by atoms with van der Waals surface area (Å²) in [5, 5.41) is 0.645. The van der Waals surface area contributed by atoms with E-state index in [-0.39, 0.29) is 20.7 Å². The summed E-state index contributed by atoms with van der Waals surface area (Å²) >= 11 is 9.19. The zero-order valence-electron chi connectivity index (χ0n) is 13.1. The fourth-order valence-corrected chi connectivity index (χ4v) is 6.74. The molecule has 2 aromatic carbocycles. The predicted octanol–water partition coefficient (Wildman–Crippen LogP) is 4.76. The number of aryl methyl sites for hydroxylation is 1. The van der Waals surface area contributed by atoms with Crippen LogP contribution in [0.3, 0.4) is 0 Å². The van der Waals surface area contributed by atoms with Crippen LogP contribution in [0.4, 0.5) is 0 Å². The van der Waals surface area contributed by atoms with Crippen molar-refractivity contribution in [3.8, 4) is 0 Å². The van der Waals surface area contributed by atoms with E-state index >= 15 is 0 Å². The molecule has 120 valence electrons. The summed E-state index contributed by atoms with van der Waals surface area (Å²) in [6.07, 6.45) is 4.04. The van der Waals surface area contributed by atoms with Crippen LogP contribution in [-0.4, -0.2) is 33.3 Å². The fourth-order valence-electron chi connectivity index (χ4n) is 1.98. The number of halogens is 1. The van der Waals surface area contributed by atoms with Crippen molar-refractivity contribution in [2.45, 2.75) is 6.92 Å². The van der Waals surface area contributed by atoms with E-state index in [1.807, 2.05) is 12.5 Å². The first kappa shape index (κ1) is 18.7. The van der Waals surface area contributed by atoms with Gasteiger partial charge in [0.05, 0.1) is 0 Å². The number of carbonyl (C=O) groups excluding carboxylic acids is 1. The summed E-state index contributed by atoms with van der Waals surface area (Å²) in [5.74, 6) is 0.0990. The molecule has 0 spiro atoms. The second kappa shape index (κ2) is 9.00. The molecular weight excluding hydrogens is 411 g/mol. The molecule has 23 heavy (non-hydrogen) atoms. The molecular formula is C18H17ClOS2Se. The predicted molar refractivity (Wildman–Crippen MR) is 106 cm³/mol. The first-order valence-corrected chi connectivity index (χ1v) is 11.5. The number of ketones is 1. The molecule has 0 unspecified atom stereocenters. The van der Waals surface area contributed by atoms with Gasteiger partial charge in [0.15, 0.2) is 0 Å². The van der Waals surface area contributed by atoms with E-state index in [0.29, 0.717) is 10.6 Å². The van der Waals surface area contributed by atoms with E-state index in [4.69, 9.17) is 11.6 Å². The van der Waals surface area contributed by atoms with Crippen molar-refractivity contribution in [2.24, 2.45) is 0 Å². The number of thioether (sulfide) groups is 2. The molecule has 0 heterocycles. The van der Waals surface area contributed by atoms with Gasteiger partial charge in [0.25, 0.3) is 0 Å². The Bertz CT molecular complexity index is 720. The monoisotopic (exact) mass is 428 g/mol. The summed E-state index contributed by atoms with van der Waals surface area (Å²) in [7, 11) is 0. The second-order valence-corrected chi connectivity index (χ2v) is 9.38. The van der Waals surface area contributed by atoms with Gasteiger partial charge >= 0.3 is 158 Å². The number of hydrogen-bond acceptors (Lipinski definition) is 3. The minimum absolute atomic E-state index is 0.0237. The number of benzene rings is 2. The van der Waals surface area contributed by atoms with Gasteiger partial charge in [-0.25, -0.2) is 0 Å². The van der Waals surface area contributed by atoms with E-state index in [9.17, 15) is 4.79 Å². The topological polar surface area (TPSA) is 17.1 Å². The normalized spacial score (nSPS) is 10.4. The Balaban J connectivity index is 2.40. The molecule has 0 radical (unpaired) electrons. The van der Waals surface area contributed by atoms with Gasteiger partial charge in [-0.1, -0.05) is 0 Å². The Kier molecular flexibility index (Phi) is 7.32. The van der Waals surface area contributed by atoms with Crippen molar-refractivity contribution >= 4 is 60.3 Å². The molecule has 0 bridgehead atoms. The number of allylic oxidation sites excluding steroid dienone is 1. The van der Waals surface area contributed by atoms with Crippen LogP contribution in [0.5, 0.6) is 0 Å². The molecule has 0 aliphatic heterocycles. The number of carbonyl (C=O) groups is 1. The van der Waals surface area contributed by atoms with Gasteiger partial charge in [-0.15, -0.1) is 0 Å². The standard InChI is InChI=1S/C18H17ClOS2Se/c1-12-5-4-6-15(11-12)23-17(18(21-2)22-3)16(20)13-7-9-14(19)10-8-13/h4-11H,1-3H3. The quantitative estimate of drug-likeness (QED) is 0.376. The van der Waals surface area contributed by atoms with Crippen LogP contribution in [-0.2, 0) is 0 Å². The molecule has 0 saturated heterocycles. The van der Waals surface area contributed by atoms with Crippen LogP contribution in [0, 0.1) is 6.92 Å². The van der Waals surface area contributed by atoms with Crippen molar-refractivity contribution in [3.63, 3.8) is 0 Å². The fraction of sp³-hybridized carbons (Fsp3) is 0.167. The van der Waals surface area contributed by atoms with Gasteiger partial charge in [-0.05, 0) is 0 Å². The molecule has 0 N–H and O–H groups in total. The summed E-state index contributed by atoms with van der Waals surface area (Å²) in [5.41, 5.74) is 1.91. The molecule has 0 fully saturated rings. The number of hydrogen-bond donors (Lipinski definition) is 0. The summed E-state index contributed by atoms with van der Waals surface area (Å²) in [6, 6.07) is 15.5. The first-order valence-electron chi connectivity index (χ1n) is 6.92. The molecule has 0 aliphatic rings. The molecule has 0 amide bonds. The van der Waals surface area contributed by atoms with Gasteiger partial charge in [-0.2, -0.15) is 0 Å². The minimum atomic E-state index is -0.0237. The Hall–Kier alpha value is -0.641. The molecule has 0 saturated carbocycles. The Labute approximate surface area is 157 Å². The van der Waals surface area contributed by atoms with E-state index in [0.717, 1.165) is 8.71 Å². The van der Waals surface area contributed by atoms with E-state index in [2.05, 4.69) is 31.2 Å².